The third kappa shape index (κ3) is 2.71. The highest BCUT2D eigenvalue weighted by Crippen LogP contribution is 2.25. The standard InChI is InChI=1S/C12H16ClNO/c1-15-5-4-14-12-7-9-2-3-11(13)6-10(9)8-12/h2-3,6,12,14H,4-5,7-8H2,1H3. The number of hydrogen-bond donors (Lipinski definition) is 1. The quantitative estimate of drug-likeness (QED) is 0.792. The first-order valence-electron chi connectivity index (χ1n) is 5.29. The molecule has 1 aromatic carbocycles. The van der Waals surface area contributed by atoms with E-state index in [1.54, 1.807) is 7.11 Å². The molecule has 0 fully saturated rings. The van der Waals surface area contributed by atoms with Crippen molar-refractivity contribution in [2.45, 2.75) is 18.9 Å². The van der Waals surface area contributed by atoms with Gasteiger partial charge in [0.05, 0.1) is 6.61 Å². The molecule has 0 saturated carbocycles. The Morgan fingerprint density at radius 1 is 1.40 bits per heavy atom. The van der Waals surface area contributed by atoms with Crippen molar-refractivity contribution in [3.63, 3.8) is 0 Å². The molecular formula is C12H16ClNO. The van der Waals surface area contributed by atoms with Crippen molar-refractivity contribution in [1.82, 2.24) is 5.32 Å². The van der Waals surface area contributed by atoms with Gasteiger partial charge in [0.2, 0.25) is 0 Å². The van der Waals surface area contributed by atoms with Crippen LogP contribution in [0.2, 0.25) is 5.02 Å². The van der Waals surface area contributed by atoms with Crippen LogP contribution in [-0.4, -0.2) is 26.3 Å². The molecule has 1 atom stereocenters. The van der Waals surface area contributed by atoms with Crippen LogP contribution in [0.5, 0.6) is 0 Å². The molecule has 0 amide bonds. The van der Waals surface area contributed by atoms with Gasteiger partial charge in [-0.25, -0.2) is 0 Å². The number of halogens is 1. The summed E-state index contributed by atoms with van der Waals surface area (Å²) in [6.45, 7) is 1.69. The van der Waals surface area contributed by atoms with Gasteiger partial charge in [0, 0.05) is 24.7 Å². The van der Waals surface area contributed by atoms with Gasteiger partial charge in [0.25, 0.3) is 0 Å². The van der Waals surface area contributed by atoms with E-state index >= 15 is 0 Å². The summed E-state index contributed by atoms with van der Waals surface area (Å²) in [6.07, 6.45) is 2.19. The summed E-state index contributed by atoms with van der Waals surface area (Å²) in [5.74, 6) is 0. The maximum atomic E-state index is 5.96. The monoisotopic (exact) mass is 225 g/mol. The van der Waals surface area contributed by atoms with Crippen LogP contribution in [-0.2, 0) is 17.6 Å². The molecule has 0 aliphatic heterocycles. The van der Waals surface area contributed by atoms with E-state index in [1.807, 2.05) is 6.07 Å². The molecular weight excluding hydrogens is 210 g/mol. The van der Waals surface area contributed by atoms with Crippen molar-refractivity contribution in [1.29, 1.82) is 0 Å². The van der Waals surface area contributed by atoms with Crippen LogP contribution in [0.4, 0.5) is 0 Å². The lowest BCUT2D eigenvalue weighted by molar-refractivity contribution is 0.196. The first-order valence-corrected chi connectivity index (χ1v) is 5.67. The van der Waals surface area contributed by atoms with Crippen molar-refractivity contribution in [3.05, 3.63) is 34.3 Å². The fourth-order valence-electron chi connectivity index (χ4n) is 2.10. The minimum atomic E-state index is 0.550. The third-order valence-electron chi connectivity index (χ3n) is 2.84. The fourth-order valence-corrected chi connectivity index (χ4v) is 2.29. The van der Waals surface area contributed by atoms with Crippen molar-refractivity contribution in [2.75, 3.05) is 20.3 Å². The zero-order valence-corrected chi connectivity index (χ0v) is 9.68. The molecule has 1 aliphatic rings. The minimum Gasteiger partial charge on any atom is -0.383 e. The van der Waals surface area contributed by atoms with E-state index in [2.05, 4.69) is 17.4 Å². The maximum absolute atomic E-state index is 5.96. The number of ether oxygens (including phenoxy) is 1. The van der Waals surface area contributed by atoms with E-state index in [0.29, 0.717) is 6.04 Å². The van der Waals surface area contributed by atoms with Gasteiger partial charge >= 0.3 is 0 Å². The number of nitrogens with one attached hydrogen (secondary N) is 1. The molecule has 82 valence electrons. The van der Waals surface area contributed by atoms with Gasteiger partial charge < -0.3 is 10.1 Å². The molecule has 2 rings (SSSR count). The van der Waals surface area contributed by atoms with Crippen LogP contribution >= 0.6 is 11.6 Å². The molecule has 0 heterocycles. The molecule has 0 saturated heterocycles. The summed E-state index contributed by atoms with van der Waals surface area (Å²) < 4.78 is 5.01. The molecule has 1 N–H and O–H groups in total. The van der Waals surface area contributed by atoms with E-state index in [4.69, 9.17) is 16.3 Å². The average molecular weight is 226 g/mol. The largest absolute Gasteiger partial charge is 0.383 e. The second-order valence-electron chi connectivity index (χ2n) is 3.97. The van der Waals surface area contributed by atoms with Crippen LogP contribution in [0.25, 0.3) is 0 Å². The number of fused-ring (bicyclic) bond motifs is 1. The smallest absolute Gasteiger partial charge is 0.0587 e. The van der Waals surface area contributed by atoms with Crippen LogP contribution < -0.4 is 5.32 Å². The Bertz CT molecular complexity index is 340. The third-order valence-corrected chi connectivity index (χ3v) is 3.08. The van der Waals surface area contributed by atoms with Gasteiger partial charge in [-0.2, -0.15) is 0 Å². The zero-order chi connectivity index (χ0) is 10.7. The van der Waals surface area contributed by atoms with Gasteiger partial charge in [0.15, 0.2) is 0 Å². The Morgan fingerprint density at radius 3 is 3.00 bits per heavy atom. The Hall–Kier alpha value is -0.570. The number of benzene rings is 1. The Balaban J connectivity index is 1.91. The molecule has 2 nitrogen and oxygen atoms in total. The van der Waals surface area contributed by atoms with Crippen molar-refractivity contribution < 1.29 is 4.74 Å². The fraction of sp³-hybridized carbons (Fsp3) is 0.500. The average Bonchev–Trinajstić information content (AvgIpc) is 2.60. The Morgan fingerprint density at radius 2 is 2.20 bits per heavy atom. The second-order valence-corrected chi connectivity index (χ2v) is 4.40. The first-order chi connectivity index (χ1) is 7.29. The summed E-state index contributed by atoms with van der Waals surface area (Å²) >= 11 is 5.96. The van der Waals surface area contributed by atoms with Crippen molar-refractivity contribution in [2.24, 2.45) is 0 Å². The van der Waals surface area contributed by atoms with Crippen LogP contribution in [0, 0.1) is 0 Å². The first kappa shape index (κ1) is 10.9. The van der Waals surface area contributed by atoms with E-state index < -0.39 is 0 Å². The summed E-state index contributed by atoms with van der Waals surface area (Å²) in [5.41, 5.74) is 2.81. The molecule has 3 heteroatoms. The number of methoxy groups -OCH3 is 1. The minimum absolute atomic E-state index is 0.550. The van der Waals surface area contributed by atoms with E-state index in [9.17, 15) is 0 Å². The van der Waals surface area contributed by atoms with Crippen LogP contribution in [0.1, 0.15) is 11.1 Å². The van der Waals surface area contributed by atoms with E-state index in [1.165, 1.54) is 11.1 Å². The molecule has 0 radical (unpaired) electrons. The number of rotatable bonds is 4. The molecule has 0 aromatic heterocycles. The molecule has 1 aromatic rings. The van der Waals surface area contributed by atoms with Gasteiger partial charge in [0.1, 0.15) is 0 Å². The topological polar surface area (TPSA) is 21.3 Å². The normalized spacial score (nSPS) is 19.2. The summed E-state index contributed by atoms with van der Waals surface area (Å²) in [4.78, 5) is 0. The Kier molecular flexibility index (Phi) is 3.62. The van der Waals surface area contributed by atoms with E-state index in [-0.39, 0.29) is 0 Å². The second kappa shape index (κ2) is 4.97. The van der Waals surface area contributed by atoms with Gasteiger partial charge in [-0.15, -0.1) is 0 Å². The predicted molar refractivity (Wildman–Crippen MR) is 62.5 cm³/mol. The molecule has 0 bridgehead atoms. The highest BCUT2D eigenvalue weighted by molar-refractivity contribution is 6.30. The van der Waals surface area contributed by atoms with Crippen LogP contribution in [0.15, 0.2) is 18.2 Å². The van der Waals surface area contributed by atoms with Crippen molar-refractivity contribution in [3.8, 4) is 0 Å². The summed E-state index contributed by atoms with van der Waals surface area (Å²) in [5, 5.41) is 4.32. The Labute approximate surface area is 95.6 Å². The SMILES string of the molecule is COCCNC1Cc2ccc(Cl)cc2C1. The van der Waals surface area contributed by atoms with Gasteiger partial charge in [-0.05, 0) is 36.1 Å². The molecule has 1 unspecified atom stereocenters. The number of hydrogen-bond acceptors (Lipinski definition) is 2. The lowest BCUT2D eigenvalue weighted by Gasteiger charge is -2.10. The summed E-state index contributed by atoms with van der Waals surface area (Å²) in [7, 11) is 1.73. The highest BCUT2D eigenvalue weighted by Gasteiger charge is 2.20. The highest BCUT2D eigenvalue weighted by atomic mass is 35.5. The predicted octanol–water partition coefficient (Wildman–Crippen LogP) is 2.04. The molecule has 1 aliphatic carbocycles. The molecule has 15 heavy (non-hydrogen) atoms. The van der Waals surface area contributed by atoms with Gasteiger partial charge in [-0.1, -0.05) is 17.7 Å². The lowest BCUT2D eigenvalue weighted by Crippen LogP contribution is -2.32. The van der Waals surface area contributed by atoms with E-state index in [0.717, 1.165) is 31.0 Å². The lowest BCUT2D eigenvalue weighted by atomic mass is 10.1. The maximum Gasteiger partial charge on any atom is 0.0587 e. The van der Waals surface area contributed by atoms with Crippen LogP contribution in [0.3, 0.4) is 0 Å². The zero-order valence-electron chi connectivity index (χ0n) is 8.92. The molecule has 0 spiro atoms. The van der Waals surface area contributed by atoms with Gasteiger partial charge in [-0.3, -0.25) is 0 Å². The van der Waals surface area contributed by atoms with Crippen molar-refractivity contribution >= 4 is 11.6 Å². The summed E-state index contributed by atoms with van der Waals surface area (Å²) in [6, 6.07) is 6.73.